The van der Waals surface area contributed by atoms with Crippen molar-refractivity contribution in [2.45, 2.75) is 180 Å². The van der Waals surface area contributed by atoms with Gasteiger partial charge < -0.3 is 20.1 Å². The molecule has 0 saturated heterocycles. The summed E-state index contributed by atoms with van der Waals surface area (Å²) < 4.78 is 32.5. The highest BCUT2D eigenvalue weighted by Crippen LogP contribution is 2.43. The van der Waals surface area contributed by atoms with Crippen LogP contribution < -0.4 is 5.73 Å². The van der Waals surface area contributed by atoms with Crippen LogP contribution in [-0.4, -0.2) is 49.3 Å². The van der Waals surface area contributed by atoms with Crippen LogP contribution in [0.2, 0.25) is 0 Å². The van der Waals surface area contributed by atoms with Crippen LogP contribution in [0.3, 0.4) is 0 Å². The summed E-state index contributed by atoms with van der Waals surface area (Å²) in [4.78, 5) is 34.6. The monoisotopic (exact) mass is 675 g/mol. The summed E-state index contributed by atoms with van der Waals surface area (Å²) in [6.07, 6.45) is 31.1. The number of unbranched alkanes of at least 4 members (excludes halogenated alkanes) is 20. The van der Waals surface area contributed by atoms with Crippen LogP contribution in [0.1, 0.15) is 174 Å². The number of phosphoric acid groups is 1. The quantitative estimate of drug-likeness (QED) is 0.0291. The maximum Gasteiger partial charge on any atom is 0.472 e. The van der Waals surface area contributed by atoms with Crippen molar-refractivity contribution >= 4 is 19.8 Å². The highest BCUT2D eigenvalue weighted by Gasteiger charge is 2.25. The van der Waals surface area contributed by atoms with Gasteiger partial charge in [0.2, 0.25) is 0 Å². The van der Waals surface area contributed by atoms with Gasteiger partial charge in [-0.1, -0.05) is 148 Å². The predicted molar refractivity (Wildman–Crippen MR) is 188 cm³/mol. The first kappa shape index (κ1) is 44.8. The summed E-state index contributed by atoms with van der Waals surface area (Å²) in [5, 5.41) is 0. The van der Waals surface area contributed by atoms with Gasteiger partial charge in [-0.05, 0) is 25.7 Å². The summed E-state index contributed by atoms with van der Waals surface area (Å²) >= 11 is 0. The fourth-order valence-corrected chi connectivity index (χ4v) is 5.89. The Hall–Kier alpha value is -1.25. The Morgan fingerprint density at radius 1 is 0.630 bits per heavy atom. The fourth-order valence-electron chi connectivity index (χ4n) is 5.12. The third-order valence-corrected chi connectivity index (χ3v) is 8.90. The smallest absolute Gasteiger partial charge is 0.462 e. The van der Waals surface area contributed by atoms with Crippen molar-refractivity contribution in [2.24, 2.45) is 5.73 Å². The lowest BCUT2D eigenvalue weighted by Crippen LogP contribution is -2.29. The molecule has 0 fully saturated rings. The zero-order valence-corrected chi connectivity index (χ0v) is 30.5. The number of hydrogen-bond donors (Lipinski definition) is 2. The molecule has 0 aliphatic carbocycles. The van der Waals surface area contributed by atoms with Crippen LogP contribution in [-0.2, 0) is 32.7 Å². The Morgan fingerprint density at radius 3 is 1.63 bits per heavy atom. The van der Waals surface area contributed by atoms with Crippen LogP contribution in [0.15, 0.2) is 12.2 Å². The minimum atomic E-state index is -4.37. The zero-order chi connectivity index (χ0) is 34.0. The lowest BCUT2D eigenvalue weighted by atomic mass is 10.1. The van der Waals surface area contributed by atoms with E-state index in [1.165, 1.54) is 103 Å². The molecule has 2 atom stereocenters. The lowest BCUT2D eigenvalue weighted by molar-refractivity contribution is -0.161. The maximum atomic E-state index is 12.5. The van der Waals surface area contributed by atoms with Crippen LogP contribution in [0.25, 0.3) is 0 Å². The standard InChI is InChI=1S/C36H70NO8P/c1-3-5-7-9-11-13-15-16-17-18-19-21-22-24-26-28-35(38)42-32-34(33-44-46(40,41)43-31-30-37)45-36(39)29-27-25-23-20-14-12-10-8-6-4-2/h22,24,34H,3-21,23,25-33,37H2,1-2H3,(H,40,41)/b24-22+/t34-/m0/s1. The molecule has 9 nitrogen and oxygen atoms in total. The number of nitrogens with two attached hydrogens (primary N) is 1. The van der Waals surface area contributed by atoms with E-state index >= 15 is 0 Å². The molecule has 0 aliphatic rings. The van der Waals surface area contributed by atoms with E-state index < -0.39 is 32.5 Å². The summed E-state index contributed by atoms with van der Waals surface area (Å²) in [5.74, 6) is -0.883. The fraction of sp³-hybridized carbons (Fsp3) is 0.889. The molecule has 0 heterocycles. The van der Waals surface area contributed by atoms with Crippen molar-refractivity contribution in [1.82, 2.24) is 0 Å². The van der Waals surface area contributed by atoms with E-state index in [4.69, 9.17) is 24.3 Å². The van der Waals surface area contributed by atoms with E-state index in [9.17, 15) is 19.0 Å². The number of phosphoric ester groups is 1. The SMILES string of the molecule is CCCCCCCCCCCCC/C=C/CCC(=O)OC[C@@H](COP(=O)(O)OCCN)OC(=O)CCCCCCCCCCCC. The molecule has 0 radical (unpaired) electrons. The van der Waals surface area contributed by atoms with Crippen molar-refractivity contribution < 1.29 is 37.6 Å². The number of hydrogen-bond acceptors (Lipinski definition) is 8. The molecule has 0 saturated carbocycles. The van der Waals surface area contributed by atoms with Gasteiger partial charge in [0.15, 0.2) is 6.10 Å². The molecule has 3 N–H and O–H groups in total. The maximum absolute atomic E-state index is 12.5. The average Bonchev–Trinajstić information content (AvgIpc) is 3.04. The van der Waals surface area contributed by atoms with Crippen molar-refractivity contribution in [3.05, 3.63) is 12.2 Å². The molecule has 1 unspecified atom stereocenters. The highest BCUT2D eigenvalue weighted by molar-refractivity contribution is 7.47. The topological polar surface area (TPSA) is 134 Å². The van der Waals surface area contributed by atoms with E-state index in [0.29, 0.717) is 12.8 Å². The zero-order valence-electron chi connectivity index (χ0n) is 29.6. The molecule has 0 aromatic rings. The third kappa shape index (κ3) is 32.7. The second kappa shape index (κ2) is 33.6. The van der Waals surface area contributed by atoms with Crippen LogP contribution in [0, 0.1) is 0 Å². The second-order valence-corrected chi connectivity index (χ2v) is 13.9. The first-order chi connectivity index (χ1) is 22.3. The number of allylic oxidation sites excluding steroid dienone is 2. The van der Waals surface area contributed by atoms with E-state index in [1.807, 2.05) is 6.08 Å². The van der Waals surface area contributed by atoms with Gasteiger partial charge in [0.25, 0.3) is 0 Å². The molecule has 0 aromatic heterocycles. The number of carbonyl (C=O) groups is 2. The molecule has 0 aromatic carbocycles. The van der Waals surface area contributed by atoms with Crippen LogP contribution in [0.4, 0.5) is 0 Å². The average molecular weight is 676 g/mol. The van der Waals surface area contributed by atoms with Crippen molar-refractivity contribution in [3.63, 3.8) is 0 Å². The van der Waals surface area contributed by atoms with Crippen molar-refractivity contribution in [2.75, 3.05) is 26.4 Å². The summed E-state index contributed by atoms with van der Waals surface area (Å²) in [6, 6.07) is 0. The Balaban J connectivity index is 4.24. The van der Waals surface area contributed by atoms with Gasteiger partial charge >= 0.3 is 19.8 Å². The predicted octanol–water partition coefficient (Wildman–Crippen LogP) is 9.88. The normalized spacial score (nSPS) is 13.6. The number of carbonyl (C=O) groups excluding carboxylic acids is 2. The molecular formula is C36H70NO8P. The molecular weight excluding hydrogens is 605 g/mol. The van der Waals surface area contributed by atoms with E-state index in [2.05, 4.69) is 19.9 Å². The Kier molecular flexibility index (Phi) is 32.7. The minimum absolute atomic E-state index is 0.0521. The van der Waals surface area contributed by atoms with E-state index in [0.717, 1.165) is 32.1 Å². The Bertz CT molecular complexity index is 779. The summed E-state index contributed by atoms with van der Waals surface area (Å²) in [6.45, 7) is 3.67. The van der Waals surface area contributed by atoms with Gasteiger partial charge in [0.05, 0.1) is 13.2 Å². The molecule has 10 heteroatoms. The van der Waals surface area contributed by atoms with Crippen LogP contribution in [0.5, 0.6) is 0 Å². The van der Waals surface area contributed by atoms with Crippen molar-refractivity contribution in [3.8, 4) is 0 Å². The second-order valence-electron chi connectivity index (χ2n) is 12.4. The largest absolute Gasteiger partial charge is 0.472 e. The van der Waals surface area contributed by atoms with E-state index in [-0.39, 0.29) is 32.6 Å². The molecule has 0 aliphatic heterocycles. The first-order valence-electron chi connectivity index (χ1n) is 18.7. The van der Waals surface area contributed by atoms with Gasteiger partial charge in [-0.15, -0.1) is 0 Å². The molecule has 0 amide bonds. The Morgan fingerprint density at radius 2 is 1.11 bits per heavy atom. The molecule has 0 bridgehead atoms. The summed E-state index contributed by atoms with van der Waals surface area (Å²) in [5.41, 5.74) is 5.32. The van der Waals surface area contributed by atoms with Gasteiger partial charge in [-0.2, -0.15) is 0 Å². The van der Waals surface area contributed by atoms with Crippen molar-refractivity contribution in [1.29, 1.82) is 0 Å². The van der Waals surface area contributed by atoms with E-state index in [1.54, 1.807) is 0 Å². The van der Waals surface area contributed by atoms with Gasteiger partial charge in [-0.3, -0.25) is 18.6 Å². The molecule has 0 spiro atoms. The van der Waals surface area contributed by atoms with Crippen LogP contribution >= 0.6 is 7.82 Å². The number of rotatable bonds is 35. The van der Waals surface area contributed by atoms with Gasteiger partial charge in [0.1, 0.15) is 6.61 Å². The van der Waals surface area contributed by atoms with Gasteiger partial charge in [0, 0.05) is 19.4 Å². The highest BCUT2D eigenvalue weighted by atomic mass is 31.2. The lowest BCUT2D eigenvalue weighted by Gasteiger charge is -2.19. The molecule has 46 heavy (non-hydrogen) atoms. The minimum Gasteiger partial charge on any atom is -0.462 e. The third-order valence-electron chi connectivity index (χ3n) is 7.91. The number of esters is 2. The number of ether oxygens (including phenoxy) is 2. The summed E-state index contributed by atoms with van der Waals surface area (Å²) in [7, 11) is -4.37. The molecule has 272 valence electrons. The first-order valence-corrected chi connectivity index (χ1v) is 20.2. The molecule has 0 rings (SSSR count). The Labute approximate surface area is 281 Å². The van der Waals surface area contributed by atoms with Gasteiger partial charge in [-0.25, -0.2) is 4.57 Å².